The number of carbonyl (C=O) groups excluding carboxylic acids is 1. The number of benzene rings is 1. The van der Waals surface area contributed by atoms with E-state index in [9.17, 15) is 9.59 Å². The molecule has 0 radical (unpaired) electrons. The molecule has 3 aromatic rings. The van der Waals surface area contributed by atoms with Crippen LogP contribution in [0.1, 0.15) is 16.1 Å². The number of nitrogens with one attached hydrogen (secondary N) is 1. The molecule has 3 heterocycles. The molecule has 8 nitrogen and oxygen atoms in total. The summed E-state index contributed by atoms with van der Waals surface area (Å²) in [6.45, 7) is 4.19. The van der Waals surface area contributed by atoms with E-state index in [2.05, 4.69) is 24.8 Å². The summed E-state index contributed by atoms with van der Waals surface area (Å²) in [6.07, 6.45) is 2.88. The number of aryl methyl sites for hydroxylation is 1. The van der Waals surface area contributed by atoms with Gasteiger partial charge in [0.15, 0.2) is 0 Å². The Balaban J connectivity index is 1.46. The minimum Gasteiger partial charge on any atom is -0.353 e. The van der Waals surface area contributed by atoms with E-state index in [1.807, 2.05) is 13.0 Å². The fraction of sp³-hybridized carbons (Fsp3) is 0.250. The predicted molar refractivity (Wildman–Crippen MR) is 110 cm³/mol. The van der Waals surface area contributed by atoms with Crippen LogP contribution in [0.15, 0.2) is 47.7 Å². The summed E-state index contributed by atoms with van der Waals surface area (Å²) in [6, 6.07) is 8.87. The van der Waals surface area contributed by atoms with Crippen molar-refractivity contribution in [1.82, 2.24) is 24.8 Å². The van der Waals surface area contributed by atoms with Crippen LogP contribution < -0.4 is 10.5 Å². The summed E-state index contributed by atoms with van der Waals surface area (Å²) in [7, 11) is 0. The SMILES string of the molecule is Cc1cc(N2CCN(C(=O)c3cnc(-c4ccc(Cl)cc4)[nH]c3=O)CC2)ncn1. The molecule has 0 unspecified atom stereocenters. The van der Waals surface area contributed by atoms with Gasteiger partial charge < -0.3 is 14.8 Å². The fourth-order valence-corrected chi connectivity index (χ4v) is 3.35. The Bertz CT molecular complexity index is 1090. The second-order valence-electron chi connectivity index (χ2n) is 6.78. The van der Waals surface area contributed by atoms with Crippen LogP contribution in [-0.4, -0.2) is 56.9 Å². The molecule has 0 atom stereocenters. The molecule has 0 aliphatic carbocycles. The van der Waals surface area contributed by atoms with Crippen molar-refractivity contribution in [1.29, 1.82) is 0 Å². The van der Waals surface area contributed by atoms with E-state index in [4.69, 9.17) is 11.6 Å². The number of hydrogen-bond donors (Lipinski definition) is 1. The van der Waals surface area contributed by atoms with Gasteiger partial charge in [0, 0.05) is 54.7 Å². The molecule has 1 aromatic carbocycles. The third-order valence-corrected chi connectivity index (χ3v) is 5.08. The third kappa shape index (κ3) is 4.12. The maximum Gasteiger partial charge on any atom is 0.264 e. The number of amides is 1. The van der Waals surface area contributed by atoms with Crippen molar-refractivity contribution in [3.8, 4) is 11.4 Å². The Kier molecular flexibility index (Phi) is 5.26. The Labute approximate surface area is 172 Å². The first-order valence-electron chi connectivity index (χ1n) is 9.19. The van der Waals surface area contributed by atoms with Crippen LogP contribution in [0, 0.1) is 6.92 Å². The number of hydrogen-bond acceptors (Lipinski definition) is 6. The molecule has 2 aromatic heterocycles. The van der Waals surface area contributed by atoms with Gasteiger partial charge in [0.1, 0.15) is 23.5 Å². The maximum atomic E-state index is 12.8. The molecule has 0 bridgehead atoms. The first-order chi connectivity index (χ1) is 14.0. The average molecular weight is 411 g/mol. The van der Waals surface area contributed by atoms with Gasteiger partial charge in [-0.05, 0) is 31.2 Å². The Morgan fingerprint density at radius 2 is 1.79 bits per heavy atom. The number of nitrogens with zero attached hydrogens (tertiary/aromatic N) is 5. The molecule has 148 valence electrons. The maximum absolute atomic E-state index is 12.8. The number of rotatable bonds is 3. The van der Waals surface area contributed by atoms with Crippen molar-refractivity contribution in [2.75, 3.05) is 31.1 Å². The lowest BCUT2D eigenvalue weighted by molar-refractivity contribution is 0.0744. The highest BCUT2D eigenvalue weighted by Gasteiger charge is 2.25. The molecule has 29 heavy (non-hydrogen) atoms. The van der Waals surface area contributed by atoms with E-state index in [1.165, 1.54) is 12.5 Å². The molecular formula is C20H19ClN6O2. The van der Waals surface area contributed by atoms with Gasteiger partial charge in [0.2, 0.25) is 0 Å². The second kappa shape index (κ2) is 8.00. The van der Waals surface area contributed by atoms with Crippen LogP contribution in [-0.2, 0) is 0 Å². The van der Waals surface area contributed by atoms with Crippen molar-refractivity contribution >= 4 is 23.3 Å². The van der Waals surface area contributed by atoms with Crippen LogP contribution in [0.25, 0.3) is 11.4 Å². The van der Waals surface area contributed by atoms with Crippen LogP contribution in [0.2, 0.25) is 5.02 Å². The first kappa shape index (κ1) is 19.1. The van der Waals surface area contributed by atoms with Crippen LogP contribution >= 0.6 is 11.6 Å². The van der Waals surface area contributed by atoms with E-state index in [1.54, 1.807) is 29.2 Å². The molecule has 4 rings (SSSR count). The highest BCUT2D eigenvalue weighted by molar-refractivity contribution is 6.30. The predicted octanol–water partition coefficient (Wildman–Crippen LogP) is 2.15. The molecule has 1 aliphatic rings. The minimum atomic E-state index is -0.455. The number of aromatic nitrogens is 4. The van der Waals surface area contributed by atoms with E-state index in [-0.39, 0.29) is 11.5 Å². The largest absolute Gasteiger partial charge is 0.353 e. The summed E-state index contributed by atoms with van der Waals surface area (Å²) in [5, 5.41) is 0.596. The lowest BCUT2D eigenvalue weighted by Crippen LogP contribution is -2.50. The third-order valence-electron chi connectivity index (χ3n) is 4.83. The van der Waals surface area contributed by atoms with E-state index < -0.39 is 5.56 Å². The lowest BCUT2D eigenvalue weighted by atomic mass is 10.2. The standard InChI is InChI=1S/C20H19ClN6O2/c1-13-10-17(24-12-23-13)26-6-8-27(9-7-26)20(29)16-11-22-18(25-19(16)28)14-2-4-15(21)5-3-14/h2-5,10-12H,6-9H2,1H3,(H,22,25,28). The molecule has 0 saturated carbocycles. The molecule has 1 amide bonds. The molecule has 1 N–H and O–H groups in total. The number of piperazine rings is 1. The van der Waals surface area contributed by atoms with E-state index in [0.29, 0.717) is 37.0 Å². The monoisotopic (exact) mass is 410 g/mol. The van der Waals surface area contributed by atoms with Crippen LogP contribution in [0.3, 0.4) is 0 Å². The lowest BCUT2D eigenvalue weighted by Gasteiger charge is -2.35. The topological polar surface area (TPSA) is 95.1 Å². The summed E-state index contributed by atoms with van der Waals surface area (Å²) >= 11 is 5.89. The van der Waals surface area contributed by atoms with Gasteiger partial charge in [-0.2, -0.15) is 0 Å². The van der Waals surface area contributed by atoms with Gasteiger partial charge in [-0.15, -0.1) is 0 Å². The Morgan fingerprint density at radius 3 is 2.45 bits per heavy atom. The number of halogens is 1. The molecular weight excluding hydrogens is 392 g/mol. The summed E-state index contributed by atoms with van der Waals surface area (Å²) in [5.41, 5.74) is 1.20. The van der Waals surface area contributed by atoms with Crippen molar-refractivity contribution in [3.63, 3.8) is 0 Å². The average Bonchev–Trinajstić information content (AvgIpc) is 2.74. The smallest absolute Gasteiger partial charge is 0.264 e. The fourth-order valence-electron chi connectivity index (χ4n) is 3.22. The Hall–Kier alpha value is -3.26. The van der Waals surface area contributed by atoms with Gasteiger partial charge in [-0.3, -0.25) is 9.59 Å². The quantitative estimate of drug-likeness (QED) is 0.710. The highest BCUT2D eigenvalue weighted by Crippen LogP contribution is 2.18. The highest BCUT2D eigenvalue weighted by atomic mass is 35.5. The van der Waals surface area contributed by atoms with Crippen LogP contribution in [0.5, 0.6) is 0 Å². The molecule has 0 spiro atoms. The number of H-pyrrole nitrogens is 1. The zero-order chi connectivity index (χ0) is 20.4. The van der Waals surface area contributed by atoms with Crippen LogP contribution in [0.4, 0.5) is 5.82 Å². The zero-order valence-electron chi connectivity index (χ0n) is 15.8. The van der Waals surface area contributed by atoms with E-state index in [0.717, 1.165) is 17.1 Å². The van der Waals surface area contributed by atoms with E-state index >= 15 is 0 Å². The number of aromatic amines is 1. The molecule has 1 saturated heterocycles. The molecule has 9 heteroatoms. The normalized spacial score (nSPS) is 14.1. The first-order valence-corrected chi connectivity index (χ1v) is 9.57. The van der Waals surface area contributed by atoms with Crippen molar-refractivity contribution < 1.29 is 4.79 Å². The molecule has 1 aliphatic heterocycles. The van der Waals surface area contributed by atoms with Gasteiger partial charge in [0.25, 0.3) is 11.5 Å². The zero-order valence-corrected chi connectivity index (χ0v) is 16.6. The van der Waals surface area contributed by atoms with Gasteiger partial charge in [0.05, 0.1) is 0 Å². The minimum absolute atomic E-state index is 0.0362. The molecule has 1 fully saturated rings. The van der Waals surface area contributed by atoms with Crippen molar-refractivity contribution in [3.05, 3.63) is 69.5 Å². The summed E-state index contributed by atoms with van der Waals surface area (Å²) in [4.78, 5) is 44.4. The summed E-state index contributed by atoms with van der Waals surface area (Å²) in [5.74, 6) is 0.920. The number of anilines is 1. The van der Waals surface area contributed by atoms with Crippen molar-refractivity contribution in [2.45, 2.75) is 6.92 Å². The Morgan fingerprint density at radius 1 is 1.07 bits per heavy atom. The van der Waals surface area contributed by atoms with Gasteiger partial charge in [-0.1, -0.05) is 11.6 Å². The van der Waals surface area contributed by atoms with Gasteiger partial charge in [-0.25, -0.2) is 15.0 Å². The van der Waals surface area contributed by atoms with Gasteiger partial charge >= 0.3 is 0 Å². The summed E-state index contributed by atoms with van der Waals surface area (Å²) < 4.78 is 0. The number of carbonyl (C=O) groups is 1. The van der Waals surface area contributed by atoms with Crippen molar-refractivity contribution in [2.24, 2.45) is 0 Å². The second-order valence-corrected chi connectivity index (χ2v) is 7.21.